The minimum absolute atomic E-state index is 0. The lowest BCUT2D eigenvalue weighted by atomic mass is 10.5. The lowest BCUT2D eigenvalue weighted by Gasteiger charge is -2.31. The van der Waals surface area contributed by atoms with Crippen LogP contribution in [0.25, 0.3) is 0 Å². The van der Waals surface area contributed by atoms with Crippen molar-refractivity contribution >= 4 is 0 Å². The van der Waals surface area contributed by atoms with Crippen molar-refractivity contribution in [2.75, 3.05) is 33.5 Å². The Balaban J connectivity index is 0. The predicted molar refractivity (Wildman–Crippen MR) is 43.8 cm³/mol. The Labute approximate surface area is 76.5 Å². The summed E-state index contributed by atoms with van der Waals surface area (Å²) in [6.45, 7) is 10.4. The molecule has 0 spiro atoms. The quantitative estimate of drug-likeness (QED) is 0.370. The highest BCUT2D eigenvalue weighted by Gasteiger charge is 2.14. The Morgan fingerprint density at radius 1 is 1.09 bits per heavy atom. The van der Waals surface area contributed by atoms with E-state index in [0.29, 0.717) is 0 Å². The number of hydrogen-bond acceptors (Lipinski definition) is 1. The van der Waals surface area contributed by atoms with Crippen LogP contribution < -0.4 is 12.4 Å². The third-order valence-electron chi connectivity index (χ3n) is 2.13. The molecule has 0 aliphatic heterocycles. The lowest BCUT2D eigenvalue weighted by Crippen LogP contribution is -3.00. The molecular formula is C8H20ClNO. The van der Waals surface area contributed by atoms with Crippen molar-refractivity contribution in [1.82, 2.24) is 0 Å². The zero-order valence-electron chi connectivity index (χ0n) is 8.06. The summed E-state index contributed by atoms with van der Waals surface area (Å²) in [5.41, 5.74) is 0. The smallest absolute Gasteiger partial charge is 0.182 e. The molecule has 0 aliphatic rings. The van der Waals surface area contributed by atoms with Crippen molar-refractivity contribution in [1.29, 1.82) is 0 Å². The molecule has 0 aromatic heterocycles. The fourth-order valence-corrected chi connectivity index (χ4v) is 0.718. The summed E-state index contributed by atoms with van der Waals surface area (Å²) in [6.07, 6.45) is 0. The van der Waals surface area contributed by atoms with Gasteiger partial charge in [0.25, 0.3) is 0 Å². The molecule has 0 rings (SSSR count). The summed E-state index contributed by atoms with van der Waals surface area (Å²) in [6, 6.07) is 0. The normalized spacial score (nSPS) is 10.9. The van der Waals surface area contributed by atoms with E-state index in [1.807, 2.05) is 6.92 Å². The molecule has 0 bridgehead atoms. The van der Waals surface area contributed by atoms with Gasteiger partial charge in [0.1, 0.15) is 0 Å². The average molecular weight is 182 g/mol. The van der Waals surface area contributed by atoms with Crippen LogP contribution in [0.2, 0.25) is 0 Å². The number of quaternary nitrogens is 1. The molecule has 0 amide bonds. The molecule has 0 aromatic rings. The van der Waals surface area contributed by atoms with Gasteiger partial charge in [-0.15, -0.1) is 0 Å². The van der Waals surface area contributed by atoms with Crippen molar-refractivity contribution in [2.45, 2.75) is 20.8 Å². The van der Waals surface area contributed by atoms with E-state index in [4.69, 9.17) is 4.74 Å². The van der Waals surface area contributed by atoms with Crippen LogP contribution in [-0.4, -0.2) is 38.0 Å². The molecular weight excluding hydrogens is 162 g/mol. The SMILES string of the molecule is CCOC[N+](C)(CC)CC.[Cl-]. The van der Waals surface area contributed by atoms with Crippen molar-refractivity contribution in [3.8, 4) is 0 Å². The third-order valence-corrected chi connectivity index (χ3v) is 2.13. The van der Waals surface area contributed by atoms with Crippen LogP contribution >= 0.6 is 0 Å². The fraction of sp³-hybridized carbons (Fsp3) is 1.00. The minimum Gasteiger partial charge on any atom is -1.00 e. The van der Waals surface area contributed by atoms with Gasteiger partial charge in [-0.3, -0.25) is 0 Å². The molecule has 0 saturated heterocycles. The van der Waals surface area contributed by atoms with Crippen LogP contribution in [0.3, 0.4) is 0 Å². The molecule has 70 valence electrons. The lowest BCUT2D eigenvalue weighted by molar-refractivity contribution is -0.924. The summed E-state index contributed by atoms with van der Waals surface area (Å²) < 4.78 is 6.37. The van der Waals surface area contributed by atoms with Crippen molar-refractivity contribution in [3.63, 3.8) is 0 Å². The van der Waals surface area contributed by atoms with E-state index in [2.05, 4.69) is 20.9 Å². The maximum absolute atomic E-state index is 5.35. The van der Waals surface area contributed by atoms with Gasteiger partial charge in [0.15, 0.2) is 6.73 Å². The largest absolute Gasteiger partial charge is 1.00 e. The summed E-state index contributed by atoms with van der Waals surface area (Å²) in [5, 5.41) is 0. The molecule has 0 saturated carbocycles. The Kier molecular flexibility index (Phi) is 8.63. The van der Waals surface area contributed by atoms with Gasteiger partial charge in [-0.1, -0.05) is 0 Å². The van der Waals surface area contributed by atoms with E-state index >= 15 is 0 Å². The molecule has 0 atom stereocenters. The van der Waals surface area contributed by atoms with Gasteiger partial charge in [-0.05, 0) is 20.8 Å². The zero-order chi connectivity index (χ0) is 8.04. The van der Waals surface area contributed by atoms with Gasteiger partial charge >= 0.3 is 0 Å². The summed E-state index contributed by atoms with van der Waals surface area (Å²) in [5.74, 6) is 0. The monoisotopic (exact) mass is 181 g/mol. The molecule has 2 nitrogen and oxygen atoms in total. The molecule has 3 heteroatoms. The zero-order valence-corrected chi connectivity index (χ0v) is 8.82. The highest BCUT2D eigenvalue weighted by Crippen LogP contribution is 2.00. The molecule has 0 N–H and O–H groups in total. The number of hydrogen-bond donors (Lipinski definition) is 0. The second-order valence-corrected chi connectivity index (χ2v) is 2.87. The standard InChI is InChI=1S/C8H20NO.ClH/c1-5-9(4,6-2)8-10-7-3;/h5-8H2,1-4H3;1H/q+1;/p-1. The summed E-state index contributed by atoms with van der Waals surface area (Å²) in [4.78, 5) is 0. The van der Waals surface area contributed by atoms with Gasteiger partial charge in [0.05, 0.1) is 20.1 Å². The van der Waals surface area contributed by atoms with Gasteiger partial charge in [-0.25, -0.2) is 0 Å². The molecule has 0 heterocycles. The van der Waals surface area contributed by atoms with E-state index in [9.17, 15) is 0 Å². The molecule has 0 unspecified atom stereocenters. The molecule has 0 aromatic carbocycles. The highest BCUT2D eigenvalue weighted by atomic mass is 35.5. The topological polar surface area (TPSA) is 9.23 Å². The van der Waals surface area contributed by atoms with Crippen LogP contribution in [0.5, 0.6) is 0 Å². The number of rotatable bonds is 5. The van der Waals surface area contributed by atoms with Gasteiger partial charge < -0.3 is 21.6 Å². The third kappa shape index (κ3) is 5.48. The van der Waals surface area contributed by atoms with E-state index < -0.39 is 0 Å². The van der Waals surface area contributed by atoms with Crippen LogP contribution in [0, 0.1) is 0 Å². The Hall–Kier alpha value is 0.210. The Bertz CT molecular complexity index is 84.2. The Morgan fingerprint density at radius 3 is 1.82 bits per heavy atom. The van der Waals surface area contributed by atoms with Crippen LogP contribution in [0.1, 0.15) is 20.8 Å². The van der Waals surface area contributed by atoms with E-state index in [0.717, 1.165) is 30.9 Å². The van der Waals surface area contributed by atoms with Crippen LogP contribution in [0.4, 0.5) is 0 Å². The summed E-state index contributed by atoms with van der Waals surface area (Å²) >= 11 is 0. The van der Waals surface area contributed by atoms with Crippen LogP contribution in [0.15, 0.2) is 0 Å². The van der Waals surface area contributed by atoms with Gasteiger partial charge in [0, 0.05) is 6.61 Å². The fourth-order valence-electron chi connectivity index (χ4n) is 0.718. The first kappa shape index (κ1) is 13.8. The number of ether oxygens (including phenoxy) is 1. The molecule has 0 radical (unpaired) electrons. The molecule has 0 fully saturated rings. The Morgan fingerprint density at radius 2 is 1.55 bits per heavy atom. The van der Waals surface area contributed by atoms with E-state index in [1.165, 1.54) is 0 Å². The second-order valence-electron chi connectivity index (χ2n) is 2.87. The average Bonchev–Trinajstić information content (AvgIpc) is 2.00. The van der Waals surface area contributed by atoms with Crippen molar-refractivity contribution < 1.29 is 21.6 Å². The molecule has 0 aliphatic carbocycles. The van der Waals surface area contributed by atoms with E-state index in [1.54, 1.807) is 0 Å². The van der Waals surface area contributed by atoms with Gasteiger partial charge in [-0.2, -0.15) is 0 Å². The first-order valence-corrected chi connectivity index (χ1v) is 4.09. The summed E-state index contributed by atoms with van der Waals surface area (Å²) in [7, 11) is 2.22. The predicted octanol–water partition coefficient (Wildman–Crippen LogP) is -1.53. The number of nitrogens with zero attached hydrogens (tertiary/aromatic N) is 1. The van der Waals surface area contributed by atoms with Crippen LogP contribution in [-0.2, 0) is 4.74 Å². The highest BCUT2D eigenvalue weighted by molar-refractivity contribution is 4.23. The maximum Gasteiger partial charge on any atom is 0.182 e. The number of halogens is 1. The molecule has 11 heavy (non-hydrogen) atoms. The van der Waals surface area contributed by atoms with Crippen molar-refractivity contribution in [2.24, 2.45) is 0 Å². The second kappa shape index (κ2) is 6.89. The van der Waals surface area contributed by atoms with Crippen molar-refractivity contribution in [3.05, 3.63) is 0 Å². The van der Waals surface area contributed by atoms with Gasteiger partial charge in [0.2, 0.25) is 0 Å². The minimum atomic E-state index is 0. The first-order valence-electron chi connectivity index (χ1n) is 4.09. The first-order chi connectivity index (χ1) is 4.68. The maximum atomic E-state index is 5.35. The van der Waals surface area contributed by atoms with E-state index in [-0.39, 0.29) is 12.4 Å².